The van der Waals surface area contributed by atoms with Gasteiger partial charge in [-0.2, -0.15) is 0 Å². The molecule has 2 rings (SSSR count). The van der Waals surface area contributed by atoms with Crippen molar-refractivity contribution in [2.24, 2.45) is 0 Å². The van der Waals surface area contributed by atoms with Crippen molar-refractivity contribution < 1.29 is 4.79 Å². The summed E-state index contributed by atoms with van der Waals surface area (Å²) in [7, 11) is 3.05. The first kappa shape index (κ1) is 8.20. The van der Waals surface area contributed by atoms with E-state index in [4.69, 9.17) is 0 Å². The molecule has 0 radical (unpaired) electrons. The molecule has 3 heteroatoms. The SMILES string of the molecule is O=C1C[C@@H](c2ccccc2)SS1. The first-order valence-electron chi connectivity index (χ1n) is 3.77. The largest absolute Gasteiger partial charge is 0.286 e. The van der Waals surface area contributed by atoms with E-state index in [0.29, 0.717) is 16.8 Å². The molecule has 0 aromatic heterocycles. The van der Waals surface area contributed by atoms with Gasteiger partial charge in [0.1, 0.15) is 0 Å². The second-order valence-corrected chi connectivity index (χ2v) is 5.12. The fraction of sp³-hybridized carbons (Fsp3) is 0.222. The number of hydrogen-bond donors (Lipinski definition) is 0. The lowest BCUT2D eigenvalue weighted by Crippen LogP contribution is -1.90. The smallest absolute Gasteiger partial charge is 0.200 e. The summed E-state index contributed by atoms with van der Waals surface area (Å²) in [6.07, 6.45) is 0.680. The number of hydrogen-bond acceptors (Lipinski definition) is 3. The normalized spacial score (nSPS) is 23.0. The topological polar surface area (TPSA) is 17.1 Å². The fourth-order valence-electron chi connectivity index (χ4n) is 1.17. The van der Waals surface area contributed by atoms with Crippen LogP contribution in [0.25, 0.3) is 0 Å². The van der Waals surface area contributed by atoms with Gasteiger partial charge in [0.25, 0.3) is 0 Å². The van der Waals surface area contributed by atoms with Gasteiger partial charge in [-0.25, -0.2) is 0 Å². The molecule has 1 aromatic carbocycles. The highest BCUT2D eigenvalue weighted by molar-refractivity contribution is 8.82. The maximum atomic E-state index is 11.0. The predicted molar refractivity (Wildman–Crippen MR) is 54.0 cm³/mol. The zero-order chi connectivity index (χ0) is 8.39. The molecule has 1 fully saturated rings. The third-order valence-electron chi connectivity index (χ3n) is 1.78. The van der Waals surface area contributed by atoms with E-state index in [1.807, 2.05) is 18.2 Å². The summed E-state index contributed by atoms with van der Waals surface area (Å²) in [5, 5.41) is 0.678. The Morgan fingerprint density at radius 3 is 2.58 bits per heavy atom. The summed E-state index contributed by atoms with van der Waals surface area (Å²) < 4.78 is 0. The minimum absolute atomic E-state index is 0.300. The van der Waals surface area contributed by atoms with Crippen LogP contribution in [-0.2, 0) is 4.79 Å². The zero-order valence-corrected chi connectivity index (χ0v) is 8.03. The minimum atomic E-state index is 0.300. The van der Waals surface area contributed by atoms with Crippen molar-refractivity contribution in [1.82, 2.24) is 0 Å². The Hall–Kier alpha value is -0.410. The van der Waals surface area contributed by atoms with Crippen LogP contribution in [0.1, 0.15) is 17.2 Å². The highest BCUT2D eigenvalue weighted by Crippen LogP contribution is 2.48. The van der Waals surface area contributed by atoms with Gasteiger partial charge in [-0.1, -0.05) is 41.1 Å². The fourth-order valence-corrected chi connectivity index (χ4v) is 3.64. The average Bonchev–Trinajstić information content (AvgIpc) is 2.54. The Balaban J connectivity index is 2.16. The maximum absolute atomic E-state index is 11.0. The lowest BCUT2D eigenvalue weighted by atomic mass is 10.1. The van der Waals surface area contributed by atoms with Gasteiger partial charge in [0.05, 0.1) is 0 Å². The van der Waals surface area contributed by atoms with Crippen molar-refractivity contribution in [1.29, 1.82) is 0 Å². The molecule has 1 saturated heterocycles. The van der Waals surface area contributed by atoms with Crippen LogP contribution in [-0.4, -0.2) is 5.12 Å². The highest BCUT2D eigenvalue weighted by atomic mass is 33.1. The molecular formula is C9H8OS2. The standard InChI is InChI=1S/C9H8OS2/c10-9-6-8(11-12-9)7-4-2-1-3-5-7/h1-5,8H,6H2/t8-/m0/s1. The summed E-state index contributed by atoms with van der Waals surface area (Å²) in [5.74, 6) is 0. The molecule has 1 heterocycles. The first-order chi connectivity index (χ1) is 5.86. The van der Waals surface area contributed by atoms with Crippen molar-refractivity contribution in [2.75, 3.05) is 0 Å². The minimum Gasteiger partial charge on any atom is -0.286 e. The molecule has 0 N–H and O–H groups in total. The molecule has 1 aliphatic heterocycles. The van der Waals surface area contributed by atoms with E-state index >= 15 is 0 Å². The summed E-state index contributed by atoms with van der Waals surface area (Å²) in [5.41, 5.74) is 1.26. The van der Waals surface area contributed by atoms with Gasteiger partial charge in [-0.15, -0.1) is 0 Å². The molecule has 1 aromatic rings. The monoisotopic (exact) mass is 196 g/mol. The average molecular weight is 196 g/mol. The van der Waals surface area contributed by atoms with E-state index in [1.165, 1.54) is 16.4 Å². The summed E-state index contributed by atoms with van der Waals surface area (Å²) in [4.78, 5) is 11.0. The Kier molecular flexibility index (Phi) is 2.42. The predicted octanol–water partition coefficient (Wildman–Crippen LogP) is 3.04. The van der Waals surface area contributed by atoms with Crippen LogP contribution in [0, 0.1) is 0 Å². The van der Waals surface area contributed by atoms with Crippen molar-refractivity contribution in [3.8, 4) is 0 Å². The molecular weight excluding hydrogens is 188 g/mol. The van der Waals surface area contributed by atoms with Crippen LogP contribution in [0.4, 0.5) is 0 Å². The van der Waals surface area contributed by atoms with Crippen molar-refractivity contribution in [2.45, 2.75) is 11.7 Å². The first-order valence-corrected chi connectivity index (χ1v) is 5.98. The van der Waals surface area contributed by atoms with Crippen LogP contribution < -0.4 is 0 Å². The second kappa shape index (κ2) is 3.54. The third kappa shape index (κ3) is 1.67. The lowest BCUT2D eigenvalue weighted by Gasteiger charge is -2.04. The van der Waals surface area contributed by atoms with Gasteiger partial charge >= 0.3 is 0 Å². The molecule has 0 spiro atoms. The summed E-state index contributed by atoms with van der Waals surface area (Å²) in [6.45, 7) is 0. The Morgan fingerprint density at radius 1 is 1.25 bits per heavy atom. The summed E-state index contributed by atoms with van der Waals surface area (Å²) >= 11 is 0. The van der Waals surface area contributed by atoms with Crippen molar-refractivity contribution in [3.63, 3.8) is 0 Å². The van der Waals surface area contributed by atoms with E-state index in [-0.39, 0.29) is 0 Å². The number of carbonyl (C=O) groups is 1. The Bertz CT molecular complexity index is 284. The van der Waals surface area contributed by atoms with Crippen molar-refractivity contribution >= 4 is 26.7 Å². The van der Waals surface area contributed by atoms with E-state index in [1.54, 1.807) is 10.8 Å². The van der Waals surface area contributed by atoms with Crippen LogP contribution in [0.5, 0.6) is 0 Å². The van der Waals surface area contributed by atoms with Gasteiger partial charge in [0.2, 0.25) is 5.12 Å². The quantitative estimate of drug-likeness (QED) is 0.643. The van der Waals surface area contributed by atoms with E-state index < -0.39 is 0 Å². The Morgan fingerprint density at radius 2 is 2.00 bits per heavy atom. The van der Waals surface area contributed by atoms with E-state index in [2.05, 4.69) is 12.1 Å². The van der Waals surface area contributed by atoms with Crippen LogP contribution in [0.2, 0.25) is 0 Å². The molecule has 1 atom stereocenters. The van der Waals surface area contributed by atoms with Gasteiger partial charge in [0, 0.05) is 11.7 Å². The molecule has 12 heavy (non-hydrogen) atoms. The maximum Gasteiger partial charge on any atom is 0.200 e. The molecule has 0 amide bonds. The summed E-state index contributed by atoms with van der Waals surface area (Å²) in [6, 6.07) is 10.2. The van der Waals surface area contributed by atoms with E-state index in [9.17, 15) is 4.79 Å². The second-order valence-electron chi connectivity index (χ2n) is 2.66. The molecule has 62 valence electrons. The van der Waals surface area contributed by atoms with Crippen LogP contribution in [0.3, 0.4) is 0 Å². The highest BCUT2D eigenvalue weighted by Gasteiger charge is 2.24. The molecule has 0 saturated carbocycles. The molecule has 0 aliphatic carbocycles. The zero-order valence-electron chi connectivity index (χ0n) is 6.40. The third-order valence-corrected chi connectivity index (χ3v) is 4.44. The van der Waals surface area contributed by atoms with Gasteiger partial charge in [0.15, 0.2) is 0 Å². The number of benzene rings is 1. The number of carbonyl (C=O) groups excluding carboxylic acids is 1. The lowest BCUT2D eigenvalue weighted by molar-refractivity contribution is -0.110. The van der Waals surface area contributed by atoms with E-state index in [0.717, 1.165) is 0 Å². The van der Waals surface area contributed by atoms with Gasteiger partial charge in [-0.3, -0.25) is 4.79 Å². The molecule has 1 nitrogen and oxygen atoms in total. The van der Waals surface area contributed by atoms with Gasteiger partial charge in [-0.05, 0) is 16.4 Å². The van der Waals surface area contributed by atoms with Crippen molar-refractivity contribution in [3.05, 3.63) is 35.9 Å². The van der Waals surface area contributed by atoms with Crippen LogP contribution in [0.15, 0.2) is 30.3 Å². The molecule has 0 bridgehead atoms. The molecule has 1 aliphatic rings. The molecule has 0 unspecified atom stereocenters. The van der Waals surface area contributed by atoms with Crippen LogP contribution >= 0.6 is 21.6 Å². The number of rotatable bonds is 1. The van der Waals surface area contributed by atoms with Gasteiger partial charge < -0.3 is 0 Å². The Labute approximate surface area is 79.3 Å².